The molecule has 0 unspecified atom stereocenters. The summed E-state index contributed by atoms with van der Waals surface area (Å²) in [4.78, 5) is 12.3. The summed E-state index contributed by atoms with van der Waals surface area (Å²) in [6.45, 7) is 7.49. The second-order valence-corrected chi connectivity index (χ2v) is 9.12. The predicted molar refractivity (Wildman–Crippen MR) is 118 cm³/mol. The van der Waals surface area contributed by atoms with Crippen LogP contribution in [0.2, 0.25) is 0 Å². The van der Waals surface area contributed by atoms with Gasteiger partial charge in [-0.05, 0) is 63.2 Å². The number of benzene rings is 2. The highest BCUT2D eigenvalue weighted by atomic mass is 19.4. The molecule has 1 aliphatic rings. The Balaban J connectivity index is 1.70. The molecular formula is C24H29BF3NO3. The highest BCUT2D eigenvalue weighted by molar-refractivity contribution is 6.62. The SMILES string of the molecule is CC1(C)OB(c2ccc(C(F)(F)F)cc2CNC(=O)CCCc2ccccc2)OC1(C)C. The van der Waals surface area contributed by atoms with Crippen LogP contribution < -0.4 is 10.8 Å². The molecule has 1 fully saturated rings. The lowest BCUT2D eigenvalue weighted by Crippen LogP contribution is -2.41. The molecule has 0 atom stereocenters. The summed E-state index contributed by atoms with van der Waals surface area (Å²) >= 11 is 0. The van der Waals surface area contributed by atoms with E-state index in [0.717, 1.165) is 24.1 Å². The van der Waals surface area contributed by atoms with Crippen LogP contribution in [-0.4, -0.2) is 24.2 Å². The molecule has 1 saturated heterocycles. The molecule has 1 amide bonds. The van der Waals surface area contributed by atoms with Gasteiger partial charge in [-0.25, -0.2) is 0 Å². The number of rotatable bonds is 7. The third-order valence-corrected chi connectivity index (χ3v) is 6.17. The van der Waals surface area contributed by atoms with Gasteiger partial charge in [-0.1, -0.05) is 42.5 Å². The Morgan fingerprint density at radius 3 is 2.22 bits per heavy atom. The summed E-state index contributed by atoms with van der Waals surface area (Å²) in [7, 11) is -0.813. The van der Waals surface area contributed by atoms with Gasteiger partial charge < -0.3 is 14.6 Å². The van der Waals surface area contributed by atoms with Crippen molar-refractivity contribution in [3.05, 3.63) is 65.2 Å². The van der Waals surface area contributed by atoms with Crippen LogP contribution in [0.25, 0.3) is 0 Å². The van der Waals surface area contributed by atoms with E-state index < -0.39 is 30.1 Å². The maximum atomic E-state index is 13.3. The highest BCUT2D eigenvalue weighted by Crippen LogP contribution is 2.37. The van der Waals surface area contributed by atoms with Gasteiger partial charge in [-0.15, -0.1) is 0 Å². The van der Waals surface area contributed by atoms with Gasteiger partial charge in [0.15, 0.2) is 0 Å². The zero-order valence-corrected chi connectivity index (χ0v) is 18.9. The van der Waals surface area contributed by atoms with Crippen molar-refractivity contribution >= 4 is 18.5 Å². The van der Waals surface area contributed by atoms with Crippen molar-refractivity contribution in [2.45, 2.75) is 70.9 Å². The molecule has 2 aromatic carbocycles. The quantitative estimate of drug-likeness (QED) is 0.629. The third-order valence-electron chi connectivity index (χ3n) is 6.17. The van der Waals surface area contributed by atoms with Gasteiger partial charge in [-0.3, -0.25) is 4.79 Å². The van der Waals surface area contributed by atoms with Crippen LogP contribution in [0.15, 0.2) is 48.5 Å². The van der Waals surface area contributed by atoms with Crippen LogP contribution >= 0.6 is 0 Å². The smallest absolute Gasteiger partial charge is 0.399 e. The minimum atomic E-state index is -4.48. The number of nitrogens with one attached hydrogen (secondary N) is 1. The molecule has 2 aromatic rings. The largest absolute Gasteiger partial charge is 0.495 e. The van der Waals surface area contributed by atoms with Gasteiger partial charge >= 0.3 is 13.3 Å². The molecule has 1 N–H and O–H groups in total. The lowest BCUT2D eigenvalue weighted by Gasteiger charge is -2.32. The predicted octanol–water partition coefficient (Wildman–Crippen LogP) is 4.64. The van der Waals surface area contributed by atoms with Crippen LogP contribution in [-0.2, 0) is 33.2 Å². The molecule has 0 aliphatic carbocycles. The third kappa shape index (κ3) is 5.72. The van der Waals surface area contributed by atoms with E-state index in [1.165, 1.54) is 6.07 Å². The molecule has 0 spiro atoms. The summed E-state index contributed by atoms with van der Waals surface area (Å²) in [6, 6.07) is 13.3. The van der Waals surface area contributed by atoms with Crippen LogP contribution in [0, 0.1) is 0 Å². The van der Waals surface area contributed by atoms with Crippen LogP contribution in [0.3, 0.4) is 0 Å². The summed E-state index contributed by atoms with van der Waals surface area (Å²) in [5, 5.41) is 2.75. The maximum absolute atomic E-state index is 13.3. The Kier molecular flexibility index (Phi) is 7.05. The van der Waals surface area contributed by atoms with E-state index in [9.17, 15) is 18.0 Å². The Morgan fingerprint density at radius 1 is 1.00 bits per heavy atom. The lowest BCUT2D eigenvalue weighted by molar-refractivity contribution is -0.137. The second-order valence-electron chi connectivity index (χ2n) is 9.12. The van der Waals surface area contributed by atoms with E-state index in [2.05, 4.69) is 5.32 Å². The van der Waals surface area contributed by atoms with Gasteiger partial charge in [0, 0.05) is 13.0 Å². The Labute approximate surface area is 187 Å². The van der Waals surface area contributed by atoms with E-state index in [1.54, 1.807) is 0 Å². The first-order valence-electron chi connectivity index (χ1n) is 10.8. The molecule has 1 aliphatic heterocycles. The minimum absolute atomic E-state index is 0.0342. The number of halogens is 3. The molecule has 172 valence electrons. The van der Waals surface area contributed by atoms with Gasteiger partial charge in [-0.2, -0.15) is 13.2 Å². The molecule has 3 rings (SSSR count). The number of amides is 1. The number of hydrogen-bond donors (Lipinski definition) is 1. The van der Waals surface area contributed by atoms with Crippen LogP contribution in [0.4, 0.5) is 13.2 Å². The fraction of sp³-hybridized carbons (Fsp3) is 0.458. The zero-order valence-electron chi connectivity index (χ0n) is 18.9. The van der Waals surface area contributed by atoms with Crippen LogP contribution in [0.5, 0.6) is 0 Å². The molecule has 4 nitrogen and oxygen atoms in total. The molecule has 0 aromatic heterocycles. The molecule has 0 saturated carbocycles. The molecule has 0 bridgehead atoms. The molecule has 8 heteroatoms. The zero-order chi connectivity index (χ0) is 23.6. The van der Waals surface area contributed by atoms with Crippen molar-refractivity contribution in [1.82, 2.24) is 5.32 Å². The van der Waals surface area contributed by atoms with Crippen LogP contribution in [0.1, 0.15) is 57.2 Å². The summed E-state index contributed by atoms with van der Waals surface area (Å²) in [5.74, 6) is -0.210. The van der Waals surface area contributed by atoms with Crippen molar-refractivity contribution in [2.24, 2.45) is 0 Å². The van der Waals surface area contributed by atoms with E-state index in [1.807, 2.05) is 58.0 Å². The average molecular weight is 447 g/mol. The minimum Gasteiger partial charge on any atom is -0.399 e. The normalized spacial score (nSPS) is 17.4. The molecule has 32 heavy (non-hydrogen) atoms. The number of carbonyl (C=O) groups is 1. The first-order valence-corrected chi connectivity index (χ1v) is 10.8. The standard InChI is InChI=1S/C24H29BF3NO3/c1-22(2)23(3,4)32-25(31-22)20-14-13-19(24(26,27)28)15-18(20)16-29-21(30)12-8-11-17-9-6-5-7-10-17/h5-7,9-10,13-15H,8,11-12,16H2,1-4H3,(H,29,30). The summed E-state index contributed by atoms with van der Waals surface area (Å²) in [5.41, 5.74) is -0.0697. The van der Waals surface area contributed by atoms with Crippen molar-refractivity contribution in [1.29, 1.82) is 0 Å². The van der Waals surface area contributed by atoms with E-state index in [4.69, 9.17) is 9.31 Å². The summed E-state index contributed by atoms with van der Waals surface area (Å²) < 4.78 is 51.9. The lowest BCUT2D eigenvalue weighted by atomic mass is 9.75. The summed E-state index contributed by atoms with van der Waals surface area (Å²) in [6.07, 6.45) is -2.78. The van der Waals surface area contributed by atoms with Gasteiger partial charge in [0.25, 0.3) is 0 Å². The topological polar surface area (TPSA) is 47.6 Å². The first kappa shape index (κ1) is 24.3. The monoisotopic (exact) mass is 447 g/mol. The second kappa shape index (κ2) is 9.28. The van der Waals surface area contributed by atoms with Crippen molar-refractivity contribution in [3.63, 3.8) is 0 Å². The highest BCUT2D eigenvalue weighted by Gasteiger charge is 2.52. The van der Waals surface area contributed by atoms with Gasteiger partial charge in [0.1, 0.15) is 0 Å². The fourth-order valence-electron chi connectivity index (χ4n) is 3.52. The van der Waals surface area contributed by atoms with Gasteiger partial charge in [0.05, 0.1) is 16.8 Å². The van der Waals surface area contributed by atoms with E-state index >= 15 is 0 Å². The Hall–Kier alpha value is -2.32. The first-order chi connectivity index (χ1) is 14.9. The Bertz CT molecular complexity index is 929. The van der Waals surface area contributed by atoms with E-state index in [0.29, 0.717) is 23.9 Å². The number of alkyl halides is 3. The maximum Gasteiger partial charge on any atom is 0.495 e. The van der Waals surface area contributed by atoms with Crippen molar-refractivity contribution in [2.75, 3.05) is 0 Å². The molecular weight excluding hydrogens is 418 g/mol. The average Bonchev–Trinajstić information content (AvgIpc) is 2.93. The van der Waals surface area contributed by atoms with Crippen molar-refractivity contribution < 1.29 is 27.3 Å². The molecule has 0 radical (unpaired) electrons. The number of aryl methyl sites for hydroxylation is 1. The number of hydrogen-bond acceptors (Lipinski definition) is 3. The molecule has 1 heterocycles. The van der Waals surface area contributed by atoms with Gasteiger partial charge in [0.2, 0.25) is 5.91 Å². The van der Waals surface area contributed by atoms with Crippen molar-refractivity contribution in [3.8, 4) is 0 Å². The fourth-order valence-corrected chi connectivity index (χ4v) is 3.52. The number of carbonyl (C=O) groups excluding carboxylic acids is 1. The van der Waals surface area contributed by atoms with E-state index in [-0.39, 0.29) is 12.5 Å². The Morgan fingerprint density at radius 2 is 1.62 bits per heavy atom.